The smallest absolute Gasteiger partial charge is 0.222 e. The minimum Gasteiger partial charge on any atom is -0.350 e. The molecule has 49 heavy (non-hydrogen) atoms. The molecule has 3 fully saturated rings. The summed E-state index contributed by atoms with van der Waals surface area (Å²) in [6.07, 6.45) is -2.80. The van der Waals surface area contributed by atoms with E-state index in [1.165, 1.54) is 6.92 Å². The average molecular weight is 685 g/mol. The molecule has 0 spiro atoms. The van der Waals surface area contributed by atoms with Crippen molar-refractivity contribution in [2.75, 3.05) is 6.61 Å². The third-order valence-corrected chi connectivity index (χ3v) is 13.7. The summed E-state index contributed by atoms with van der Waals surface area (Å²) in [5, 5.41) is 13.9. The molecule has 6 rings (SSSR count). The summed E-state index contributed by atoms with van der Waals surface area (Å²) in [5.74, 6) is -2.40. The van der Waals surface area contributed by atoms with Crippen molar-refractivity contribution < 1.29 is 33.3 Å². The van der Waals surface area contributed by atoms with Gasteiger partial charge in [-0.2, -0.15) is 5.26 Å². The molecule has 0 saturated carbocycles. The van der Waals surface area contributed by atoms with E-state index < -0.39 is 54.6 Å². The Kier molecular flexibility index (Phi) is 9.53. The van der Waals surface area contributed by atoms with Crippen molar-refractivity contribution in [1.82, 2.24) is 4.90 Å². The molecular weight excluding hydrogens is 639 g/mol. The van der Waals surface area contributed by atoms with Crippen LogP contribution in [0.15, 0.2) is 91.0 Å². The van der Waals surface area contributed by atoms with Gasteiger partial charge in [0.05, 0.1) is 18.8 Å². The van der Waals surface area contributed by atoms with Crippen LogP contribution in [0.5, 0.6) is 0 Å². The minimum absolute atomic E-state index is 0.157. The lowest BCUT2D eigenvalue weighted by atomic mass is 9.92. The molecule has 0 radical (unpaired) electrons. The second kappa shape index (κ2) is 13.3. The van der Waals surface area contributed by atoms with E-state index in [4.69, 9.17) is 23.7 Å². The van der Waals surface area contributed by atoms with E-state index in [-0.39, 0.29) is 30.0 Å². The number of benzene rings is 3. The van der Waals surface area contributed by atoms with Crippen molar-refractivity contribution in [3.8, 4) is 6.07 Å². The Labute approximate surface area is 289 Å². The number of Topliss-reactive ketones (excluding diaryl/α,β-unsaturated/α-hetero) is 1. The molecule has 0 unspecified atom stereocenters. The maximum Gasteiger partial charge on any atom is 0.222 e. The molecule has 5 atom stereocenters. The summed E-state index contributed by atoms with van der Waals surface area (Å²) in [6, 6.07) is 31.1. The summed E-state index contributed by atoms with van der Waals surface area (Å²) in [5.41, 5.74) is -1.08. The molecule has 3 heterocycles. The normalized spacial score (nSPS) is 27.1. The predicted molar refractivity (Wildman–Crippen MR) is 189 cm³/mol. The molecule has 1 amide bonds. The van der Waals surface area contributed by atoms with Crippen LogP contribution in [0.4, 0.5) is 0 Å². The molecule has 0 bridgehead atoms. The van der Waals surface area contributed by atoms with Gasteiger partial charge in [-0.05, 0) is 64.3 Å². The summed E-state index contributed by atoms with van der Waals surface area (Å²) in [7, 11) is 0. The van der Waals surface area contributed by atoms with Crippen LogP contribution in [0, 0.1) is 11.3 Å². The Bertz CT molecular complexity index is 1680. The fourth-order valence-corrected chi connectivity index (χ4v) is 11.9. The highest BCUT2D eigenvalue weighted by atomic mass is 31.2. The molecule has 9 nitrogen and oxygen atoms in total. The Morgan fingerprint density at radius 1 is 0.755 bits per heavy atom. The number of ether oxygens (including phenoxy) is 5. The van der Waals surface area contributed by atoms with Crippen LogP contribution in [0.2, 0.25) is 0 Å². The number of amides is 1. The summed E-state index contributed by atoms with van der Waals surface area (Å²) >= 11 is 0. The van der Waals surface area contributed by atoms with E-state index in [0.717, 1.165) is 15.9 Å². The lowest BCUT2D eigenvalue weighted by Gasteiger charge is -2.37. The highest BCUT2D eigenvalue weighted by Crippen LogP contribution is 2.48. The molecule has 3 aliphatic rings. The second-order valence-corrected chi connectivity index (χ2v) is 17.5. The number of nitrogens with zero attached hydrogens (tertiary/aromatic N) is 2. The van der Waals surface area contributed by atoms with Crippen molar-refractivity contribution in [2.24, 2.45) is 0 Å². The number of nitriles is 1. The van der Waals surface area contributed by atoms with Gasteiger partial charge in [-0.3, -0.25) is 9.59 Å². The maximum atomic E-state index is 15.0. The van der Waals surface area contributed by atoms with Crippen LogP contribution in [0.1, 0.15) is 54.9 Å². The first-order valence-corrected chi connectivity index (χ1v) is 18.5. The van der Waals surface area contributed by atoms with Gasteiger partial charge in [0.15, 0.2) is 17.4 Å². The van der Waals surface area contributed by atoms with Gasteiger partial charge < -0.3 is 28.6 Å². The Morgan fingerprint density at radius 2 is 1.24 bits per heavy atom. The largest absolute Gasteiger partial charge is 0.350 e. The molecule has 3 aromatic rings. The highest BCUT2D eigenvalue weighted by molar-refractivity contribution is 7.96. The number of hydrogen-bond acceptors (Lipinski definition) is 8. The van der Waals surface area contributed by atoms with E-state index in [0.29, 0.717) is 0 Å². The fourth-order valence-electron chi connectivity index (χ4n) is 7.77. The first kappa shape index (κ1) is 35.2. The average Bonchev–Trinajstić information content (AvgIpc) is 3.68. The summed E-state index contributed by atoms with van der Waals surface area (Å²) in [6.45, 7) is 9.73. The Morgan fingerprint density at radius 3 is 1.67 bits per heavy atom. The Hall–Kier alpha value is -3.61. The molecule has 0 aromatic heterocycles. The lowest BCUT2D eigenvalue weighted by Crippen LogP contribution is -2.57. The number of hydrogen-bond donors (Lipinski definition) is 0. The van der Waals surface area contributed by atoms with Gasteiger partial charge in [0, 0.05) is 13.3 Å². The van der Waals surface area contributed by atoms with E-state index in [9.17, 15) is 14.9 Å². The zero-order valence-corrected chi connectivity index (χ0v) is 30.1. The van der Waals surface area contributed by atoms with Crippen LogP contribution >= 0.6 is 6.89 Å². The van der Waals surface area contributed by atoms with Crippen molar-refractivity contribution in [3.05, 3.63) is 91.0 Å². The lowest BCUT2D eigenvalue weighted by molar-refractivity contribution is -0.175. The number of rotatable bonds is 8. The topological polar surface area (TPSA) is 107 Å². The van der Waals surface area contributed by atoms with Crippen molar-refractivity contribution in [1.29, 1.82) is 5.26 Å². The monoisotopic (exact) mass is 684 g/mol. The number of carbonyl (C=O) groups is 2. The zero-order chi connectivity index (χ0) is 35.2. The molecule has 0 N–H and O–H groups in total. The van der Waals surface area contributed by atoms with E-state index in [1.807, 2.05) is 133 Å². The third-order valence-electron chi connectivity index (χ3n) is 9.46. The first-order chi connectivity index (χ1) is 23.2. The van der Waals surface area contributed by atoms with Gasteiger partial charge in [0.25, 0.3) is 0 Å². The highest BCUT2D eigenvalue weighted by Gasteiger charge is 2.60. The van der Waals surface area contributed by atoms with Gasteiger partial charge >= 0.3 is 0 Å². The zero-order valence-electron chi connectivity index (χ0n) is 29.2. The van der Waals surface area contributed by atoms with Gasteiger partial charge in [-0.1, -0.05) is 91.0 Å². The van der Waals surface area contributed by atoms with Crippen molar-refractivity contribution in [3.63, 3.8) is 0 Å². The minimum atomic E-state index is -2.98. The molecule has 10 heteroatoms. The van der Waals surface area contributed by atoms with Gasteiger partial charge in [-0.25, -0.2) is 0 Å². The molecule has 3 aromatic carbocycles. The first-order valence-electron chi connectivity index (χ1n) is 16.7. The maximum absolute atomic E-state index is 15.0. The van der Waals surface area contributed by atoms with Crippen LogP contribution in [-0.2, 0) is 33.3 Å². The van der Waals surface area contributed by atoms with Crippen LogP contribution in [0.25, 0.3) is 0 Å². The van der Waals surface area contributed by atoms with Crippen LogP contribution in [0.3, 0.4) is 0 Å². The molecular formula is C39H45N2O7P. The quantitative estimate of drug-likeness (QED) is 0.316. The molecule has 3 aliphatic heterocycles. The predicted octanol–water partition coefficient (Wildman–Crippen LogP) is 4.66. The van der Waals surface area contributed by atoms with Crippen molar-refractivity contribution in [2.45, 2.75) is 103 Å². The third kappa shape index (κ3) is 6.55. The standard InChI is InChI=1S/C39H45N2O7P/c1-26(42)41-34(36-35(47-39(6,7)48-36)32-25-44-38(4,5)46-32)31(45-37(41,2)3)23-30(43)33(24-40)49(27-17-11-8-12-18-27,28-19-13-9-14-20-28)29-21-15-10-16-22-29/h8-22,31-32,34-36H,23,25H2,1-7H3/t31-,32+,34+,35+,36+/m0/s1. The fraction of sp³-hybridized carbons (Fsp3) is 0.436. The van der Waals surface area contributed by atoms with E-state index >= 15 is 0 Å². The second-order valence-electron chi connectivity index (χ2n) is 14.2. The van der Waals surface area contributed by atoms with Crippen LogP contribution in [-0.4, -0.2) is 76.2 Å². The van der Waals surface area contributed by atoms with Crippen LogP contribution < -0.4 is 15.9 Å². The molecule has 0 aliphatic carbocycles. The SMILES string of the molecule is CC(=O)N1[C@@H]([C@H]2OC(C)(C)O[C@@H]2[C@H]2COC(C)(C)O2)[C@H](CC(=O)C(C#N)=P(c2ccccc2)(c2ccccc2)c2ccccc2)OC1(C)C. The Balaban J connectivity index is 1.50. The summed E-state index contributed by atoms with van der Waals surface area (Å²) < 4.78 is 31.8. The number of carbonyl (C=O) groups excluding carboxylic acids is 2. The molecule has 258 valence electrons. The van der Waals surface area contributed by atoms with Gasteiger partial charge in [-0.15, -0.1) is 0 Å². The van der Waals surface area contributed by atoms with E-state index in [2.05, 4.69) is 6.07 Å². The summed E-state index contributed by atoms with van der Waals surface area (Å²) in [4.78, 5) is 30.0. The van der Waals surface area contributed by atoms with Gasteiger partial charge in [0.1, 0.15) is 35.4 Å². The van der Waals surface area contributed by atoms with Gasteiger partial charge in [0.2, 0.25) is 5.91 Å². The van der Waals surface area contributed by atoms with E-state index in [1.54, 1.807) is 4.90 Å². The number of ketones is 1. The van der Waals surface area contributed by atoms with Crippen molar-refractivity contribution >= 4 is 39.8 Å². The molecule has 3 saturated heterocycles.